The first-order valence-corrected chi connectivity index (χ1v) is 40.9. The SMILES string of the molecule is C[C@@H]1N=C(N2CCN(C(=O)[C@@H](CCCCCS(C)(=O)=O)NC3CCCCC3)[C@H](C(=O)CCc3cccs3)C2)O[C@H]1c1cccc(CN)c1.[B].[C-]#[N+]c1cccc([C@@H]2OC(N3CCN(C(=O)[C@@H](CCCCCS(C)(=O)=O)NC4CCCCC4)[C@H](C(=O)CCc4cccs4)C3)=N[C@H]2C)c1.[H-].[Na+]. The number of sulfone groups is 2. The van der Waals surface area contributed by atoms with Crippen LogP contribution in [0.25, 0.3) is 4.85 Å². The van der Waals surface area contributed by atoms with E-state index >= 15 is 0 Å². The zero-order valence-corrected chi connectivity index (χ0v) is 63.5. The van der Waals surface area contributed by atoms with Crippen molar-refractivity contribution in [1.29, 1.82) is 0 Å². The first-order valence-electron chi connectivity index (χ1n) is 35.1. The topological polar surface area (TPSA) is 247 Å². The fourth-order valence-corrected chi connectivity index (χ4v) is 17.1. The second kappa shape index (κ2) is 39.4. The first kappa shape index (κ1) is 80.3. The molecule has 4 aliphatic heterocycles. The molecule has 2 saturated heterocycles. The van der Waals surface area contributed by atoms with Crippen molar-refractivity contribution in [3.8, 4) is 0 Å². The fourth-order valence-electron chi connectivity index (χ4n) is 14.2. The van der Waals surface area contributed by atoms with Gasteiger partial charge in [-0.2, -0.15) is 0 Å². The van der Waals surface area contributed by atoms with Crippen LogP contribution in [0.15, 0.2) is 93.5 Å². The van der Waals surface area contributed by atoms with E-state index in [9.17, 15) is 36.0 Å². The smallest absolute Gasteiger partial charge is 1.00 e. The van der Waals surface area contributed by atoms with Crippen molar-refractivity contribution in [3.05, 3.63) is 121 Å². The summed E-state index contributed by atoms with van der Waals surface area (Å²) in [6, 6.07) is 22.7. The molecule has 2 aliphatic carbocycles. The molecule has 3 radical (unpaired) electrons. The summed E-state index contributed by atoms with van der Waals surface area (Å²) in [5, 5.41) is 11.4. The summed E-state index contributed by atoms with van der Waals surface area (Å²) in [7, 11) is -6.04. The number of aryl methyl sites for hydroxylation is 2. The van der Waals surface area contributed by atoms with Crippen LogP contribution in [0, 0.1) is 6.57 Å². The average Bonchev–Trinajstić information content (AvgIpc) is 1.75. The van der Waals surface area contributed by atoms with E-state index in [0.29, 0.717) is 115 Å². The average molecular weight is 1430 g/mol. The molecule has 26 heteroatoms. The van der Waals surface area contributed by atoms with Gasteiger partial charge in [-0.1, -0.05) is 119 Å². The summed E-state index contributed by atoms with van der Waals surface area (Å²) >= 11 is 3.27. The number of nitrogens with zero attached hydrogens (tertiary/aromatic N) is 7. The minimum absolute atomic E-state index is 0. The molecule has 4 N–H and O–H groups in total. The van der Waals surface area contributed by atoms with Crippen LogP contribution in [0.4, 0.5) is 5.69 Å². The van der Waals surface area contributed by atoms with Crippen molar-refractivity contribution >= 4 is 91.9 Å². The molecule has 98 heavy (non-hydrogen) atoms. The molecule has 2 aromatic heterocycles. The Kier molecular flexibility index (Phi) is 32.3. The van der Waals surface area contributed by atoms with Gasteiger partial charge in [-0.05, 0) is 124 Å². The van der Waals surface area contributed by atoms with Gasteiger partial charge in [0.05, 0.1) is 30.7 Å². The summed E-state index contributed by atoms with van der Waals surface area (Å²) in [6.45, 7) is 14.3. The summed E-state index contributed by atoms with van der Waals surface area (Å²) in [6.07, 6.45) is 20.4. The number of amidine groups is 2. The number of amides is 2. The number of hydrogen-bond acceptors (Lipinski definition) is 19. The Labute approximate surface area is 616 Å². The van der Waals surface area contributed by atoms with Crippen molar-refractivity contribution < 1.29 is 76.5 Å². The van der Waals surface area contributed by atoms with E-state index < -0.39 is 43.8 Å². The molecule has 2 aromatic carbocycles. The number of hydrogen-bond donors (Lipinski definition) is 3. The van der Waals surface area contributed by atoms with E-state index in [4.69, 9.17) is 31.8 Å². The Morgan fingerprint density at radius 3 is 1.47 bits per heavy atom. The number of aliphatic imine (C=N–C) groups is 2. The van der Waals surface area contributed by atoms with E-state index in [1.54, 1.807) is 33.6 Å². The van der Waals surface area contributed by atoms with E-state index in [1.807, 2.05) is 100.0 Å². The Bertz CT molecular complexity index is 3540. The van der Waals surface area contributed by atoms with Crippen molar-refractivity contribution in [2.45, 2.75) is 222 Å². The number of ketones is 2. The standard InChI is InChI=1S/C36H49N5O5S2.C36H53N5O5S2.B.Na.H/c1-26-34(27-12-10-15-29(24-27)37-2)46-36(38-26)40-20-21-41(32(25-40)33(42)19-18-30-16-11-22-47-30)35(43)31(39-28-13-6-4-7-14-28)17-8-5-9-23-48(3,44)45;1-26-34(28-12-9-11-27(23-28)24-37)46-36(38-26)40-19-20-41(32(25-40)33(42)18-17-30-15-10-21-47-30)35(43)31(39-29-13-5-3-6-14-29)16-7-4-8-22-48(2,44)45;;;/h10-12,15-16,22,24,26,28,31-32,34,39H,4-9,13-14,17-21,23,25H2,1,3H3;9-12,15,21,23,26,29,31-32,34,39H,3-8,13-14,16-20,22,24-25,37H2,1-2H3;;;/q;;;+1;-1/t2*26-,31+,32-,34+;;;/m00.../s1. The van der Waals surface area contributed by atoms with Crippen LogP contribution in [-0.4, -0.2) is 192 Å². The van der Waals surface area contributed by atoms with Crippen LogP contribution in [0.1, 0.15) is 182 Å². The van der Waals surface area contributed by atoms with Gasteiger partial charge >= 0.3 is 29.6 Å². The summed E-state index contributed by atoms with van der Waals surface area (Å²) < 4.78 is 59.5. The normalized spacial score (nSPS) is 22.2. The third-order valence-corrected chi connectivity index (χ3v) is 23.4. The number of benzene rings is 2. The second-order valence-corrected chi connectivity index (χ2v) is 33.8. The zero-order chi connectivity index (χ0) is 68.2. The quantitative estimate of drug-likeness (QED) is 0.0279. The maximum Gasteiger partial charge on any atom is 1.00 e. The molecule has 2 amide bonds. The number of unbranched alkanes of at least 4 members (excludes halogenated alkanes) is 4. The maximum atomic E-state index is 14.4. The van der Waals surface area contributed by atoms with E-state index in [0.717, 1.165) is 103 Å². The third-order valence-electron chi connectivity index (χ3n) is 19.5. The minimum atomic E-state index is -3.02. The monoisotopic (exact) mass is 1430 g/mol. The molecule has 6 aliphatic rings. The first-order chi connectivity index (χ1) is 46.2. The minimum Gasteiger partial charge on any atom is -1.00 e. The van der Waals surface area contributed by atoms with Gasteiger partial charge in [-0.15, -0.1) is 22.7 Å². The number of thiophene rings is 2. The predicted molar refractivity (Wildman–Crippen MR) is 389 cm³/mol. The number of rotatable bonds is 29. The Balaban J connectivity index is 0.000000303. The summed E-state index contributed by atoms with van der Waals surface area (Å²) in [5.74, 6) is 0.310. The summed E-state index contributed by atoms with van der Waals surface area (Å²) in [4.78, 5) is 80.1. The molecule has 2 saturated carbocycles. The van der Waals surface area contributed by atoms with Crippen LogP contribution in [0.3, 0.4) is 0 Å². The molecule has 20 nitrogen and oxygen atoms in total. The molecular weight excluding hydrogens is 1330 g/mol. The maximum absolute atomic E-state index is 14.4. The number of Topliss-reactive ketones (excluding diaryl/α,β-unsaturated/α-hetero) is 2. The van der Waals surface area contributed by atoms with Crippen LogP contribution in [0.2, 0.25) is 0 Å². The van der Waals surface area contributed by atoms with E-state index in [2.05, 4.69) is 21.5 Å². The van der Waals surface area contributed by atoms with Crippen molar-refractivity contribution in [3.63, 3.8) is 0 Å². The molecule has 0 bridgehead atoms. The zero-order valence-electron chi connectivity index (χ0n) is 59.3. The van der Waals surface area contributed by atoms with Gasteiger partial charge in [-0.3, -0.25) is 19.2 Å². The van der Waals surface area contributed by atoms with E-state index in [-0.39, 0.29) is 111 Å². The second-order valence-electron chi connectivity index (χ2n) is 27.2. The number of piperazine rings is 2. The van der Waals surface area contributed by atoms with Crippen LogP contribution in [-0.2, 0) is 67.7 Å². The molecular formula is C72H103BN10NaO10S4. The van der Waals surface area contributed by atoms with Crippen molar-refractivity contribution in [2.75, 3.05) is 63.3 Å². The third kappa shape index (κ3) is 24.1. The van der Waals surface area contributed by atoms with Gasteiger partial charge in [0.2, 0.25) is 11.8 Å². The van der Waals surface area contributed by atoms with Crippen LogP contribution < -0.4 is 45.9 Å². The van der Waals surface area contributed by atoms with E-state index in [1.165, 1.54) is 25.4 Å². The Hall–Kier alpha value is -5.01. The number of nitrogens with two attached hydrogens (primary N) is 1. The van der Waals surface area contributed by atoms with Crippen molar-refractivity contribution in [2.24, 2.45) is 15.7 Å². The van der Waals surface area contributed by atoms with Crippen LogP contribution >= 0.6 is 22.7 Å². The molecule has 8 atom stereocenters. The van der Waals surface area contributed by atoms with Gasteiger partial charge < -0.3 is 46.9 Å². The van der Waals surface area contributed by atoms with Crippen molar-refractivity contribution in [1.82, 2.24) is 30.2 Å². The number of carbonyl (C=O) groups is 4. The Morgan fingerprint density at radius 1 is 0.622 bits per heavy atom. The van der Waals surface area contributed by atoms with Gasteiger partial charge in [-0.25, -0.2) is 31.7 Å². The summed E-state index contributed by atoms with van der Waals surface area (Å²) in [5.41, 5.74) is 9.39. The van der Waals surface area contributed by atoms with Gasteiger partial charge in [0.25, 0.3) is 12.0 Å². The van der Waals surface area contributed by atoms with Gasteiger partial charge in [0, 0.05) is 113 Å². The predicted octanol–water partition coefficient (Wildman–Crippen LogP) is 7.09. The van der Waals surface area contributed by atoms with Crippen LogP contribution in [0.5, 0.6) is 0 Å². The molecule has 529 valence electrons. The number of ether oxygens (including phenoxy) is 2. The molecule has 6 heterocycles. The largest absolute Gasteiger partial charge is 1.00 e. The molecule has 4 aromatic rings. The van der Waals surface area contributed by atoms with Gasteiger partial charge in [0.15, 0.2) is 17.3 Å². The van der Waals surface area contributed by atoms with Gasteiger partial charge in [0.1, 0.15) is 44.0 Å². The molecule has 0 spiro atoms. The molecule has 4 fully saturated rings. The molecule has 10 rings (SSSR count). The Morgan fingerprint density at radius 2 is 1.06 bits per heavy atom. The number of nitrogens with one attached hydrogen (secondary N) is 2. The molecule has 0 unspecified atom stereocenters. The fraction of sp³-hybridized carbons (Fsp3) is 0.625. The number of carbonyl (C=O) groups excluding carboxylic acids is 4.